The Morgan fingerprint density at radius 3 is 2.88 bits per heavy atom. The van der Waals surface area contributed by atoms with E-state index in [1.807, 2.05) is 0 Å². The lowest BCUT2D eigenvalue weighted by Gasteiger charge is -2.21. The summed E-state index contributed by atoms with van der Waals surface area (Å²) in [6, 6.07) is -0.128. The summed E-state index contributed by atoms with van der Waals surface area (Å²) < 4.78 is 27.8. The lowest BCUT2D eigenvalue weighted by molar-refractivity contribution is -0.142. The van der Waals surface area contributed by atoms with Gasteiger partial charge >= 0.3 is 5.97 Å². The summed E-state index contributed by atoms with van der Waals surface area (Å²) >= 11 is 1.23. The van der Waals surface area contributed by atoms with E-state index in [0.717, 1.165) is 0 Å². The van der Waals surface area contributed by atoms with E-state index in [4.69, 9.17) is 4.74 Å². The molecule has 1 N–H and O–H groups in total. The van der Waals surface area contributed by atoms with E-state index in [-0.39, 0.29) is 42.4 Å². The lowest BCUT2D eigenvalue weighted by Crippen LogP contribution is -2.38. The molecule has 1 aromatic rings. The number of hydrogen-bond acceptors (Lipinski definition) is 8. The zero-order chi connectivity index (χ0) is 17.7. The molecule has 0 radical (unpaired) electrons. The number of aromatic nitrogens is 1. The van der Waals surface area contributed by atoms with Gasteiger partial charge in [-0.15, -0.1) is 11.3 Å². The third kappa shape index (κ3) is 5.53. The number of sulfone groups is 1. The molecular weight excluding hydrogens is 354 g/mol. The summed E-state index contributed by atoms with van der Waals surface area (Å²) in [5.74, 6) is -0.355. The number of hydrogen-bond donors (Lipinski definition) is 1. The van der Waals surface area contributed by atoms with Gasteiger partial charge in [-0.05, 0) is 20.4 Å². The molecule has 1 aliphatic rings. The van der Waals surface area contributed by atoms with E-state index in [1.54, 1.807) is 24.3 Å². The van der Waals surface area contributed by atoms with Gasteiger partial charge in [-0.25, -0.2) is 13.4 Å². The predicted molar refractivity (Wildman–Crippen MR) is 90.8 cm³/mol. The van der Waals surface area contributed by atoms with E-state index < -0.39 is 9.84 Å². The van der Waals surface area contributed by atoms with Gasteiger partial charge in [-0.3, -0.25) is 14.5 Å². The second kappa shape index (κ2) is 8.04. The summed E-state index contributed by atoms with van der Waals surface area (Å²) in [4.78, 5) is 29.4. The van der Waals surface area contributed by atoms with Crippen molar-refractivity contribution >= 4 is 38.2 Å². The number of carbonyl (C=O) groups is 2. The fourth-order valence-electron chi connectivity index (χ4n) is 2.44. The normalized spacial score (nSPS) is 19.4. The largest absolute Gasteiger partial charge is 0.466 e. The van der Waals surface area contributed by atoms with Crippen LogP contribution in [0, 0.1) is 0 Å². The van der Waals surface area contributed by atoms with Crippen LogP contribution in [-0.4, -0.2) is 67.9 Å². The summed E-state index contributed by atoms with van der Waals surface area (Å²) in [6.45, 7) is 2.14. The van der Waals surface area contributed by atoms with Crippen LogP contribution >= 0.6 is 11.3 Å². The molecule has 2 heterocycles. The highest BCUT2D eigenvalue weighted by atomic mass is 32.2. The van der Waals surface area contributed by atoms with Crippen molar-refractivity contribution in [3.05, 3.63) is 11.1 Å². The number of rotatable bonds is 7. The molecule has 0 spiro atoms. The summed E-state index contributed by atoms with van der Waals surface area (Å²) in [5, 5.41) is 4.77. The van der Waals surface area contributed by atoms with Crippen LogP contribution in [0.25, 0.3) is 0 Å². The van der Waals surface area contributed by atoms with E-state index in [2.05, 4.69) is 10.3 Å². The number of anilines is 1. The first-order valence-electron chi connectivity index (χ1n) is 7.59. The van der Waals surface area contributed by atoms with Crippen molar-refractivity contribution in [1.29, 1.82) is 0 Å². The van der Waals surface area contributed by atoms with Crippen molar-refractivity contribution in [2.45, 2.75) is 25.8 Å². The van der Waals surface area contributed by atoms with E-state index in [1.165, 1.54) is 11.3 Å². The molecule has 2 rings (SSSR count). The van der Waals surface area contributed by atoms with Crippen molar-refractivity contribution in [2.24, 2.45) is 0 Å². The zero-order valence-corrected chi connectivity index (χ0v) is 15.3. The van der Waals surface area contributed by atoms with Crippen molar-refractivity contribution in [1.82, 2.24) is 9.88 Å². The SMILES string of the molecule is CCOC(=O)Cc1csc(NC(=O)CN(C)C2CCS(=O)(=O)C2)n1. The number of nitrogens with zero attached hydrogens (tertiary/aromatic N) is 2. The maximum atomic E-state index is 12.0. The molecule has 1 aliphatic heterocycles. The van der Waals surface area contributed by atoms with Gasteiger partial charge in [-0.2, -0.15) is 0 Å². The maximum absolute atomic E-state index is 12.0. The van der Waals surface area contributed by atoms with E-state index in [9.17, 15) is 18.0 Å². The fourth-order valence-corrected chi connectivity index (χ4v) is 4.97. The molecule has 1 saturated heterocycles. The number of likely N-dealkylation sites (N-methyl/N-ethyl adjacent to an activating group) is 1. The van der Waals surface area contributed by atoms with Crippen LogP contribution in [0.5, 0.6) is 0 Å². The Morgan fingerprint density at radius 1 is 1.50 bits per heavy atom. The minimum absolute atomic E-state index is 0.0695. The van der Waals surface area contributed by atoms with Crippen molar-refractivity contribution in [3.63, 3.8) is 0 Å². The number of thiazole rings is 1. The third-order valence-electron chi connectivity index (χ3n) is 3.65. The average Bonchev–Trinajstić information content (AvgIpc) is 3.05. The third-order valence-corrected chi connectivity index (χ3v) is 6.21. The predicted octanol–water partition coefficient (Wildman–Crippen LogP) is 0.306. The average molecular weight is 375 g/mol. The van der Waals surface area contributed by atoms with Gasteiger partial charge in [0.05, 0.1) is 36.8 Å². The molecule has 1 unspecified atom stereocenters. The number of carbonyl (C=O) groups excluding carboxylic acids is 2. The van der Waals surface area contributed by atoms with Gasteiger partial charge in [0.15, 0.2) is 15.0 Å². The second-order valence-electron chi connectivity index (χ2n) is 5.65. The Balaban J connectivity index is 1.82. The zero-order valence-electron chi connectivity index (χ0n) is 13.6. The lowest BCUT2D eigenvalue weighted by atomic mass is 10.2. The van der Waals surface area contributed by atoms with Gasteiger partial charge in [0.25, 0.3) is 0 Å². The quantitative estimate of drug-likeness (QED) is 0.684. The first kappa shape index (κ1) is 18.8. The molecule has 10 heteroatoms. The van der Waals surface area contributed by atoms with Crippen molar-refractivity contribution in [3.8, 4) is 0 Å². The van der Waals surface area contributed by atoms with Crippen LogP contribution in [0.15, 0.2) is 5.38 Å². The van der Waals surface area contributed by atoms with Gasteiger partial charge < -0.3 is 10.1 Å². The smallest absolute Gasteiger partial charge is 0.311 e. The molecule has 0 bridgehead atoms. The highest BCUT2D eigenvalue weighted by Crippen LogP contribution is 2.18. The minimum Gasteiger partial charge on any atom is -0.466 e. The Bertz CT molecular complexity index is 701. The molecule has 1 amide bonds. The number of nitrogens with one attached hydrogen (secondary N) is 1. The standard InChI is InChI=1S/C14H21N3O5S2/c1-3-22-13(19)6-10-8-23-14(15-10)16-12(18)7-17(2)11-4-5-24(20,21)9-11/h8,11H,3-7,9H2,1-2H3,(H,15,16,18). The first-order chi connectivity index (χ1) is 11.3. The first-order valence-corrected chi connectivity index (χ1v) is 10.3. The highest BCUT2D eigenvalue weighted by Gasteiger charge is 2.31. The maximum Gasteiger partial charge on any atom is 0.311 e. The van der Waals surface area contributed by atoms with Crippen LogP contribution in [0.4, 0.5) is 5.13 Å². The minimum atomic E-state index is -2.98. The molecule has 8 nitrogen and oxygen atoms in total. The van der Waals surface area contributed by atoms with Crippen LogP contribution < -0.4 is 5.32 Å². The summed E-state index contributed by atoms with van der Waals surface area (Å²) in [7, 11) is -1.24. The number of esters is 1. The molecule has 1 aromatic heterocycles. The molecular formula is C14H21N3O5S2. The molecule has 0 saturated carbocycles. The Kier molecular flexibility index (Phi) is 6.30. The van der Waals surface area contributed by atoms with E-state index in [0.29, 0.717) is 23.9 Å². The summed E-state index contributed by atoms with van der Waals surface area (Å²) in [5.41, 5.74) is 0.545. The Labute approximate surface area is 145 Å². The number of amides is 1. The molecule has 0 aliphatic carbocycles. The van der Waals surface area contributed by atoms with Crippen LogP contribution in [0.3, 0.4) is 0 Å². The van der Waals surface area contributed by atoms with Crippen LogP contribution in [-0.2, 0) is 30.6 Å². The molecule has 134 valence electrons. The van der Waals surface area contributed by atoms with Gasteiger partial charge in [0, 0.05) is 11.4 Å². The number of ether oxygens (including phenoxy) is 1. The highest BCUT2D eigenvalue weighted by molar-refractivity contribution is 7.91. The monoisotopic (exact) mass is 375 g/mol. The molecule has 1 atom stereocenters. The van der Waals surface area contributed by atoms with Crippen LogP contribution in [0.2, 0.25) is 0 Å². The Hall–Kier alpha value is -1.52. The van der Waals surface area contributed by atoms with Gasteiger partial charge in [0.1, 0.15) is 0 Å². The van der Waals surface area contributed by atoms with Crippen molar-refractivity contribution < 1.29 is 22.7 Å². The molecule has 0 aromatic carbocycles. The van der Waals surface area contributed by atoms with Crippen LogP contribution in [0.1, 0.15) is 19.0 Å². The van der Waals surface area contributed by atoms with Gasteiger partial charge in [-0.1, -0.05) is 0 Å². The van der Waals surface area contributed by atoms with E-state index >= 15 is 0 Å². The topological polar surface area (TPSA) is 106 Å². The van der Waals surface area contributed by atoms with Crippen molar-refractivity contribution in [2.75, 3.05) is 37.0 Å². The summed E-state index contributed by atoms with van der Waals surface area (Å²) in [6.07, 6.45) is 0.618. The van der Waals surface area contributed by atoms with Gasteiger partial charge in [0.2, 0.25) is 5.91 Å². The molecule has 1 fully saturated rings. The second-order valence-corrected chi connectivity index (χ2v) is 8.73. The fraction of sp³-hybridized carbons (Fsp3) is 0.643. The Morgan fingerprint density at radius 2 is 2.25 bits per heavy atom. The molecule has 24 heavy (non-hydrogen) atoms.